The molecule has 5 rings (SSSR count). The van der Waals surface area contributed by atoms with Gasteiger partial charge in [0.2, 0.25) is 11.8 Å². The Labute approximate surface area is 200 Å². The number of hydrogen-bond donors (Lipinski definition) is 1. The molecule has 0 radical (unpaired) electrons. The number of benzene rings is 3. The highest BCUT2D eigenvalue weighted by molar-refractivity contribution is 7.98. The predicted octanol–water partition coefficient (Wildman–Crippen LogP) is 4.85. The van der Waals surface area contributed by atoms with Gasteiger partial charge in [0.15, 0.2) is 5.58 Å². The summed E-state index contributed by atoms with van der Waals surface area (Å²) < 4.78 is 5.80. The third-order valence-electron chi connectivity index (χ3n) is 5.73. The zero-order chi connectivity index (χ0) is 23.7. The van der Waals surface area contributed by atoms with Crippen molar-refractivity contribution in [3.63, 3.8) is 0 Å². The van der Waals surface area contributed by atoms with Crippen LogP contribution in [0.15, 0.2) is 77.2 Å². The molecule has 3 aromatic carbocycles. The summed E-state index contributed by atoms with van der Waals surface area (Å²) in [5.74, 6) is -0.162. The van der Waals surface area contributed by atoms with E-state index in [1.165, 1.54) is 0 Å². The van der Waals surface area contributed by atoms with Crippen molar-refractivity contribution in [1.29, 1.82) is 0 Å². The van der Waals surface area contributed by atoms with Gasteiger partial charge in [-0.05, 0) is 67.0 Å². The van der Waals surface area contributed by atoms with E-state index in [1.54, 1.807) is 60.3 Å². The van der Waals surface area contributed by atoms with Gasteiger partial charge in [-0.25, -0.2) is 4.98 Å². The van der Waals surface area contributed by atoms with Crippen molar-refractivity contribution < 1.29 is 18.8 Å². The van der Waals surface area contributed by atoms with Crippen molar-refractivity contribution in [3.8, 4) is 11.5 Å². The summed E-state index contributed by atoms with van der Waals surface area (Å²) in [6.45, 7) is 0. The zero-order valence-electron chi connectivity index (χ0n) is 18.4. The maximum absolute atomic E-state index is 13.2. The smallest absolute Gasteiger partial charge is 0.262 e. The number of hydrogen-bond acceptors (Lipinski definition) is 6. The van der Waals surface area contributed by atoms with E-state index >= 15 is 0 Å². The molecule has 0 fully saturated rings. The van der Waals surface area contributed by atoms with Crippen LogP contribution < -0.4 is 5.32 Å². The number of oxazole rings is 1. The molecular formula is C26H21N3O4S. The number of imide groups is 1. The van der Waals surface area contributed by atoms with Crippen LogP contribution in [0.3, 0.4) is 0 Å². The Morgan fingerprint density at radius 2 is 1.62 bits per heavy atom. The van der Waals surface area contributed by atoms with Crippen LogP contribution in [0, 0.1) is 0 Å². The van der Waals surface area contributed by atoms with Gasteiger partial charge >= 0.3 is 0 Å². The molecule has 1 unspecified atom stereocenters. The number of rotatable bonds is 7. The lowest BCUT2D eigenvalue weighted by Gasteiger charge is -2.25. The van der Waals surface area contributed by atoms with Gasteiger partial charge in [0.1, 0.15) is 11.6 Å². The number of para-hydroxylation sites is 2. The fourth-order valence-corrected chi connectivity index (χ4v) is 4.47. The van der Waals surface area contributed by atoms with Crippen LogP contribution in [0.1, 0.15) is 27.1 Å². The van der Waals surface area contributed by atoms with Gasteiger partial charge in [-0.2, -0.15) is 11.8 Å². The predicted molar refractivity (Wildman–Crippen MR) is 132 cm³/mol. The van der Waals surface area contributed by atoms with Gasteiger partial charge in [-0.3, -0.25) is 19.3 Å². The first-order valence-corrected chi connectivity index (χ1v) is 12.2. The Morgan fingerprint density at radius 3 is 2.26 bits per heavy atom. The largest absolute Gasteiger partial charge is 0.436 e. The highest BCUT2D eigenvalue weighted by Gasteiger charge is 2.42. The van der Waals surface area contributed by atoms with Gasteiger partial charge in [0.25, 0.3) is 11.8 Å². The minimum absolute atomic E-state index is 0.331. The molecule has 0 spiro atoms. The van der Waals surface area contributed by atoms with Gasteiger partial charge in [-0.15, -0.1) is 0 Å². The van der Waals surface area contributed by atoms with Crippen molar-refractivity contribution in [2.75, 3.05) is 17.3 Å². The number of thioether (sulfide) groups is 1. The van der Waals surface area contributed by atoms with Crippen molar-refractivity contribution in [2.45, 2.75) is 12.5 Å². The van der Waals surface area contributed by atoms with E-state index in [0.717, 1.165) is 16.0 Å². The lowest BCUT2D eigenvalue weighted by Crippen LogP contribution is -2.47. The number of amides is 3. The number of nitrogens with one attached hydrogen (secondary N) is 1. The van der Waals surface area contributed by atoms with Gasteiger partial charge < -0.3 is 9.73 Å². The van der Waals surface area contributed by atoms with E-state index in [2.05, 4.69) is 10.3 Å². The summed E-state index contributed by atoms with van der Waals surface area (Å²) in [7, 11) is 0. The molecule has 0 saturated carbocycles. The van der Waals surface area contributed by atoms with E-state index in [9.17, 15) is 14.4 Å². The van der Waals surface area contributed by atoms with Crippen LogP contribution in [-0.4, -0.2) is 45.7 Å². The molecule has 7 nitrogen and oxygen atoms in total. The number of nitrogens with zero attached hydrogens (tertiary/aromatic N) is 2. The summed E-state index contributed by atoms with van der Waals surface area (Å²) in [4.78, 5) is 44.7. The Bertz CT molecular complexity index is 1330. The topological polar surface area (TPSA) is 92.5 Å². The summed E-state index contributed by atoms with van der Waals surface area (Å²) in [6, 6.07) is 20.4. The molecule has 1 aliphatic rings. The zero-order valence-corrected chi connectivity index (χ0v) is 19.2. The van der Waals surface area contributed by atoms with Gasteiger partial charge in [0.05, 0.1) is 11.1 Å². The molecule has 8 heteroatoms. The molecule has 4 aromatic rings. The monoisotopic (exact) mass is 471 g/mol. The molecule has 0 bridgehead atoms. The molecule has 0 aliphatic carbocycles. The van der Waals surface area contributed by atoms with E-state index in [0.29, 0.717) is 40.5 Å². The van der Waals surface area contributed by atoms with E-state index < -0.39 is 23.8 Å². The molecule has 3 amide bonds. The van der Waals surface area contributed by atoms with Crippen LogP contribution in [0.4, 0.5) is 5.69 Å². The van der Waals surface area contributed by atoms with Crippen molar-refractivity contribution >= 4 is 46.3 Å². The number of aromatic nitrogens is 1. The first kappa shape index (κ1) is 21.9. The first-order valence-electron chi connectivity index (χ1n) is 10.8. The lowest BCUT2D eigenvalue weighted by atomic mass is 10.1. The Balaban J connectivity index is 1.35. The SMILES string of the molecule is CSCCC(C(=O)Nc1ccc(-c2nc3ccccc3o2)cc1)N1C(=O)c2ccccc2C1=O. The van der Waals surface area contributed by atoms with E-state index in [4.69, 9.17) is 4.42 Å². The number of anilines is 1. The second-order valence-corrected chi connectivity index (χ2v) is 8.86. The summed E-state index contributed by atoms with van der Waals surface area (Å²) >= 11 is 1.55. The van der Waals surface area contributed by atoms with E-state index in [1.807, 2.05) is 30.5 Å². The van der Waals surface area contributed by atoms with Crippen molar-refractivity contribution in [1.82, 2.24) is 9.88 Å². The second kappa shape index (κ2) is 9.15. The maximum Gasteiger partial charge on any atom is 0.262 e. The third kappa shape index (κ3) is 3.97. The van der Waals surface area contributed by atoms with Gasteiger partial charge in [0, 0.05) is 11.3 Å². The fourth-order valence-electron chi connectivity index (χ4n) is 4.02. The number of fused-ring (bicyclic) bond motifs is 2. The van der Waals surface area contributed by atoms with E-state index in [-0.39, 0.29) is 0 Å². The molecular weight excluding hydrogens is 450 g/mol. The fraction of sp³-hybridized carbons (Fsp3) is 0.154. The van der Waals surface area contributed by atoms with Crippen LogP contribution in [0.25, 0.3) is 22.6 Å². The van der Waals surface area contributed by atoms with Crippen LogP contribution >= 0.6 is 11.8 Å². The normalized spacial score (nSPS) is 13.9. The Hall–Kier alpha value is -3.91. The van der Waals surface area contributed by atoms with Crippen LogP contribution in [0.5, 0.6) is 0 Å². The highest BCUT2D eigenvalue weighted by Crippen LogP contribution is 2.28. The molecule has 2 heterocycles. The molecule has 1 N–H and O–H groups in total. The number of carbonyl (C=O) groups is 3. The molecule has 1 atom stereocenters. The quantitative estimate of drug-likeness (QED) is 0.387. The second-order valence-electron chi connectivity index (χ2n) is 7.88. The Kier molecular flexibility index (Phi) is 5.90. The van der Waals surface area contributed by atoms with Crippen LogP contribution in [0.2, 0.25) is 0 Å². The van der Waals surface area contributed by atoms with Crippen molar-refractivity contribution in [3.05, 3.63) is 83.9 Å². The average Bonchev–Trinajstić information content (AvgIpc) is 3.40. The minimum Gasteiger partial charge on any atom is -0.436 e. The standard InChI is InChI=1S/C26H21N3O4S/c1-34-15-14-21(29-25(31)18-6-2-3-7-19(18)26(29)32)23(30)27-17-12-10-16(11-13-17)24-28-20-8-4-5-9-22(20)33-24/h2-13,21H,14-15H2,1H3,(H,27,30). The Morgan fingerprint density at radius 1 is 0.971 bits per heavy atom. The average molecular weight is 472 g/mol. The minimum atomic E-state index is -0.906. The number of carbonyl (C=O) groups excluding carboxylic acids is 3. The molecule has 1 aliphatic heterocycles. The molecule has 34 heavy (non-hydrogen) atoms. The van der Waals surface area contributed by atoms with Crippen LogP contribution in [-0.2, 0) is 4.79 Å². The first-order chi connectivity index (χ1) is 16.6. The lowest BCUT2D eigenvalue weighted by molar-refractivity contribution is -0.120. The molecule has 170 valence electrons. The highest BCUT2D eigenvalue weighted by atomic mass is 32.2. The summed E-state index contributed by atoms with van der Waals surface area (Å²) in [6.07, 6.45) is 2.28. The summed E-state index contributed by atoms with van der Waals surface area (Å²) in [5, 5.41) is 2.86. The van der Waals surface area contributed by atoms with Gasteiger partial charge in [-0.1, -0.05) is 24.3 Å². The maximum atomic E-state index is 13.2. The third-order valence-corrected chi connectivity index (χ3v) is 6.37. The summed E-state index contributed by atoms with van der Waals surface area (Å²) in [5.41, 5.74) is 3.46. The molecule has 0 saturated heterocycles. The molecule has 1 aromatic heterocycles. The van der Waals surface area contributed by atoms with Crippen molar-refractivity contribution in [2.24, 2.45) is 0 Å².